The van der Waals surface area contributed by atoms with Gasteiger partial charge >= 0.3 is 0 Å². The minimum atomic E-state index is -0.290. The zero-order chi connectivity index (χ0) is 18.0. The number of pyridine rings is 1. The highest BCUT2D eigenvalue weighted by Crippen LogP contribution is 2.24. The summed E-state index contributed by atoms with van der Waals surface area (Å²) in [6, 6.07) is 8.15. The highest BCUT2D eigenvalue weighted by Gasteiger charge is 2.11. The molecule has 0 unspecified atom stereocenters. The zero-order valence-corrected chi connectivity index (χ0v) is 14.2. The van der Waals surface area contributed by atoms with Crippen LogP contribution >= 0.6 is 0 Å². The molecule has 0 aliphatic rings. The molecule has 2 N–H and O–H groups in total. The number of aromatic nitrogens is 2. The molecule has 2 heterocycles. The molecule has 0 atom stereocenters. The summed E-state index contributed by atoms with van der Waals surface area (Å²) >= 11 is 0. The Bertz CT molecular complexity index is 972. The van der Waals surface area contributed by atoms with Crippen LogP contribution in [-0.2, 0) is 17.8 Å². The molecule has 3 aromatic rings. The van der Waals surface area contributed by atoms with E-state index in [2.05, 4.69) is 24.1 Å². The molecule has 0 radical (unpaired) electrons. The summed E-state index contributed by atoms with van der Waals surface area (Å²) in [5.74, 6) is 0.147. The van der Waals surface area contributed by atoms with Crippen molar-refractivity contribution >= 4 is 23.0 Å². The second-order valence-corrected chi connectivity index (χ2v) is 6.54. The van der Waals surface area contributed by atoms with Gasteiger partial charge in [-0.2, -0.15) is 0 Å². The van der Waals surface area contributed by atoms with Gasteiger partial charge in [0.2, 0.25) is 6.41 Å². The number of hydrogen-bond donors (Lipinski definition) is 2. The van der Waals surface area contributed by atoms with E-state index >= 15 is 0 Å². The van der Waals surface area contributed by atoms with Gasteiger partial charge in [-0.25, -0.2) is 4.39 Å². The van der Waals surface area contributed by atoms with Crippen molar-refractivity contribution in [2.45, 2.75) is 26.8 Å². The van der Waals surface area contributed by atoms with Crippen LogP contribution in [0, 0.1) is 11.7 Å². The molecule has 0 aliphatic heterocycles. The minimum Gasteiger partial charge on any atom is -0.357 e. The molecule has 5 nitrogen and oxygen atoms in total. The van der Waals surface area contributed by atoms with Crippen LogP contribution in [0.15, 0.2) is 41.3 Å². The van der Waals surface area contributed by atoms with Crippen LogP contribution < -0.4 is 10.9 Å². The number of carbonyl (C=O) groups is 1. The van der Waals surface area contributed by atoms with Crippen LogP contribution in [0.5, 0.6) is 0 Å². The SMILES string of the molecule is CC(C)Cc1cc(F)cc2cc(Cn3cccc(NC=O)c3=O)[nH]c12. The van der Waals surface area contributed by atoms with Crippen LogP contribution in [0.2, 0.25) is 0 Å². The summed E-state index contributed by atoms with van der Waals surface area (Å²) < 4.78 is 15.4. The Morgan fingerprint density at radius 1 is 1.32 bits per heavy atom. The Hall–Kier alpha value is -2.89. The van der Waals surface area contributed by atoms with Gasteiger partial charge in [-0.1, -0.05) is 13.8 Å². The van der Waals surface area contributed by atoms with E-state index in [1.807, 2.05) is 6.07 Å². The Balaban J connectivity index is 1.99. The lowest BCUT2D eigenvalue weighted by Gasteiger charge is -2.07. The third kappa shape index (κ3) is 3.63. The number of hydrogen-bond acceptors (Lipinski definition) is 2. The van der Waals surface area contributed by atoms with E-state index in [1.165, 1.54) is 10.6 Å². The van der Waals surface area contributed by atoms with E-state index in [1.54, 1.807) is 24.4 Å². The topological polar surface area (TPSA) is 66.9 Å². The van der Waals surface area contributed by atoms with Crippen molar-refractivity contribution in [1.29, 1.82) is 0 Å². The lowest BCUT2D eigenvalue weighted by Crippen LogP contribution is -2.23. The predicted molar refractivity (Wildman–Crippen MR) is 96.3 cm³/mol. The zero-order valence-electron chi connectivity index (χ0n) is 14.2. The molecular formula is C19H20FN3O2. The maximum atomic E-state index is 13.9. The number of halogens is 1. The summed E-state index contributed by atoms with van der Waals surface area (Å²) in [5.41, 5.74) is 2.57. The molecule has 0 spiro atoms. The van der Waals surface area contributed by atoms with Crippen molar-refractivity contribution < 1.29 is 9.18 Å². The molecule has 0 fully saturated rings. The minimum absolute atomic E-state index is 0.222. The molecule has 25 heavy (non-hydrogen) atoms. The number of rotatable bonds is 6. The second kappa shape index (κ2) is 6.93. The smallest absolute Gasteiger partial charge is 0.274 e. The van der Waals surface area contributed by atoms with Gasteiger partial charge in [-0.15, -0.1) is 0 Å². The molecule has 0 bridgehead atoms. The van der Waals surface area contributed by atoms with Gasteiger partial charge in [0, 0.05) is 22.8 Å². The van der Waals surface area contributed by atoms with E-state index in [9.17, 15) is 14.0 Å². The Morgan fingerprint density at radius 3 is 2.84 bits per heavy atom. The predicted octanol–water partition coefficient (Wildman–Crippen LogP) is 3.28. The Labute approximate surface area is 144 Å². The number of aromatic amines is 1. The maximum Gasteiger partial charge on any atom is 0.274 e. The van der Waals surface area contributed by atoms with Gasteiger partial charge in [0.05, 0.1) is 6.54 Å². The molecule has 0 saturated carbocycles. The van der Waals surface area contributed by atoms with Gasteiger partial charge in [0.25, 0.3) is 5.56 Å². The van der Waals surface area contributed by atoms with Gasteiger partial charge < -0.3 is 14.9 Å². The molecule has 0 aliphatic carbocycles. The number of benzene rings is 1. The fourth-order valence-electron chi connectivity index (χ4n) is 3.04. The summed E-state index contributed by atoms with van der Waals surface area (Å²) in [5, 5.41) is 3.19. The number of amides is 1. The van der Waals surface area contributed by atoms with Gasteiger partial charge in [-0.3, -0.25) is 9.59 Å². The van der Waals surface area contributed by atoms with Crippen molar-refractivity contribution in [2.24, 2.45) is 5.92 Å². The number of nitrogens with zero attached hydrogens (tertiary/aromatic N) is 1. The largest absolute Gasteiger partial charge is 0.357 e. The van der Waals surface area contributed by atoms with Crippen molar-refractivity contribution in [3.63, 3.8) is 0 Å². The van der Waals surface area contributed by atoms with E-state index in [0.29, 0.717) is 18.9 Å². The summed E-state index contributed by atoms with van der Waals surface area (Å²) in [6.07, 6.45) is 2.90. The highest BCUT2D eigenvalue weighted by atomic mass is 19.1. The first-order valence-electron chi connectivity index (χ1n) is 8.17. The fraction of sp³-hybridized carbons (Fsp3) is 0.263. The third-order valence-corrected chi connectivity index (χ3v) is 4.03. The van der Waals surface area contributed by atoms with E-state index in [-0.39, 0.29) is 17.1 Å². The maximum absolute atomic E-state index is 13.9. The number of H-pyrrole nitrogens is 1. The summed E-state index contributed by atoms with van der Waals surface area (Å²) in [6.45, 7) is 4.49. The van der Waals surface area contributed by atoms with Crippen LogP contribution in [0.25, 0.3) is 10.9 Å². The lowest BCUT2D eigenvalue weighted by molar-refractivity contribution is -0.105. The molecule has 6 heteroatoms. The van der Waals surface area contributed by atoms with Crippen molar-refractivity contribution in [3.8, 4) is 0 Å². The second-order valence-electron chi connectivity index (χ2n) is 6.54. The van der Waals surface area contributed by atoms with Crippen LogP contribution in [-0.4, -0.2) is 16.0 Å². The molecular weight excluding hydrogens is 321 g/mol. The van der Waals surface area contributed by atoms with Crippen LogP contribution in [0.1, 0.15) is 25.1 Å². The molecule has 0 saturated heterocycles. The Kier molecular flexibility index (Phi) is 4.70. The van der Waals surface area contributed by atoms with Crippen molar-refractivity contribution in [1.82, 2.24) is 9.55 Å². The quantitative estimate of drug-likeness (QED) is 0.676. The number of fused-ring (bicyclic) bond motifs is 1. The molecule has 130 valence electrons. The first kappa shape index (κ1) is 17.0. The lowest BCUT2D eigenvalue weighted by atomic mass is 10.0. The van der Waals surface area contributed by atoms with Gasteiger partial charge in [0.15, 0.2) is 0 Å². The molecule has 3 rings (SSSR count). The average Bonchev–Trinajstić information content (AvgIpc) is 2.93. The number of anilines is 1. The van der Waals surface area contributed by atoms with E-state index < -0.39 is 0 Å². The van der Waals surface area contributed by atoms with Gasteiger partial charge in [-0.05, 0) is 48.2 Å². The monoisotopic (exact) mass is 341 g/mol. The van der Waals surface area contributed by atoms with Gasteiger partial charge in [0.1, 0.15) is 11.5 Å². The summed E-state index contributed by atoms with van der Waals surface area (Å²) in [7, 11) is 0. The molecule has 2 aromatic heterocycles. The van der Waals surface area contributed by atoms with Crippen LogP contribution in [0.3, 0.4) is 0 Å². The summed E-state index contributed by atoms with van der Waals surface area (Å²) in [4.78, 5) is 26.2. The number of carbonyl (C=O) groups excluding carboxylic acids is 1. The number of nitrogens with one attached hydrogen (secondary N) is 2. The average molecular weight is 341 g/mol. The van der Waals surface area contributed by atoms with E-state index in [0.717, 1.165) is 28.6 Å². The molecule has 1 amide bonds. The van der Waals surface area contributed by atoms with Crippen LogP contribution in [0.4, 0.5) is 10.1 Å². The standard InChI is InChI=1S/C19H20FN3O2/c1-12(2)6-13-7-15(20)8-14-9-16(22-18(13)14)10-23-5-3-4-17(19(23)25)21-11-24/h3-5,7-9,11-12,22H,6,10H2,1-2H3,(H,21,24). The fourth-order valence-corrected chi connectivity index (χ4v) is 3.04. The van der Waals surface area contributed by atoms with Crippen molar-refractivity contribution in [2.75, 3.05) is 5.32 Å². The third-order valence-electron chi connectivity index (χ3n) is 4.03. The Morgan fingerprint density at radius 2 is 2.12 bits per heavy atom. The normalized spacial score (nSPS) is 11.2. The van der Waals surface area contributed by atoms with E-state index in [4.69, 9.17) is 0 Å². The first-order chi connectivity index (χ1) is 12.0. The molecule has 1 aromatic carbocycles. The first-order valence-corrected chi connectivity index (χ1v) is 8.17. The highest BCUT2D eigenvalue weighted by molar-refractivity contribution is 5.83. The van der Waals surface area contributed by atoms with Crippen molar-refractivity contribution in [3.05, 3.63) is 64.0 Å².